The molecule has 18 heavy (non-hydrogen) atoms. The molecular weight excluding hydrogens is 247 g/mol. The van der Waals surface area contributed by atoms with Crippen LogP contribution in [0.25, 0.3) is 0 Å². The van der Waals surface area contributed by atoms with Crippen LogP contribution in [-0.2, 0) is 11.0 Å². The fourth-order valence-electron chi connectivity index (χ4n) is 1.40. The average molecular weight is 260 g/mol. The highest BCUT2D eigenvalue weighted by molar-refractivity contribution is 5.77. The second kappa shape index (κ2) is 6.39. The summed E-state index contributed by atoms with van der Waals surface area (Å²) in [4.78, 5) is 11.2. The molecule has 0 spiro atoms. The van der Waals surface area contributed by atoms with Gasteiger partial charge in [0.1, 0.15) is 0 Å². The lowest BCUT2D eigenvalue weighted by molar-refractivity contribution is -0.138. The van der Waals surface area contributed by atoms with Crippen LogP contribution in [0.4, 0.5) is 13.2 Å². The molecule has 0 unspecified atom stereocenters. The fraction of sp³-hybridized carbons (Fsp3) is 0.333. The maximum atomic E-state index is 12.6. The van der Waals surface area contributed by atoms with Crippen LogP contribution in [0, 0.1) is 6.42 Å². The second-order valence-electron chi connectivity index (χ2n) is 3.57. The predicted octanol–water partition coefficient (Wildman–Crippen LogP) is 1.76. The Morgan fingerprint density at radius 3 is 2.61 bits per heavy atom. The van der Waals surface area contributed by atoms with Crippen molar-refractivity contribution in [2.24, 2.45) is 0 Å². The molecule has 0 bridgehead atoms. The molecule has 0 aliphatic carbocycles. The van der Waals surface area contributed by atoms with Gasteiger partial charge >= 0.3 is 6.18 Å². The van der Waals surface area contributed by atoms with Gasteiger partial charge in [-0.3, -0.25) is 4.79 Å². The van der Waals surface area contributed by atoms with E-state index in [0.717, 1.165) is 6.07 Å². The van der Waals surface area contributed by atoms with Gasteiger partial charge in [0.25, 0.3) is 0 Å². The van der Waals surface area contributed by atoms with Crippen LogP contribution in [0.1, 0.15) is 17.5 Å². The number of benzene rings is 1. The molecule has 0 saturated carbocycles. The standard InChI is InChI=1S/C12H13F3NO2/c13-12(14,15)10-4-2-1-3-9(10)5-6-11(18)16-7-8-17/h1-5,17H,6-8H2,(H,16,18). The van der Waals surface area contributed by atoms with Crippen molar-refractivity contribution in [3.05, 3.63) is 41.8 Å². The van der Waals surface area contributed by atoms with Crippen LogP contribution in [0.15, 0.2) is 24.3 Å². The summed E-state index contributed by atoms with van der Waals surface area (Å²) in [5, 5.41) is 10.8. The zero-order chi connectivity index (χ0) is 13.6. The van der Waals surface area contributed by atoms with Crippen LogP contribution < -0.4 is 5.32 Å². The van der Waals surface area contributed by atoms with E-state index in [1.165, 1.54) is 24.6 Å². The minimum Gasteiger partial charge on any atom is -0.395 e. The highest BCUT2D eigenvalue weighted by Gasteiger charge is 2.32. The van der Waals surface area contributed by atoms with Crippen molar-refractivity contribution in [3.63, 3.8) is 0 Å². The van der Waals surface area contributed by atoms with Gasteiger partial charge in [-0.05, 0) is 11.6 Å². The number of amides is 1. The van der Waals surface area contributed by atoms with Crippen LogP contribution in [0.2, 0.25) is 0 Å². The van der Waals surface area contributed by atoms with E-state index in [4.69, 9.17) is 5.11 Å². The van der Waals surface area contributed by atoms with Gasteiger partial charge in [0.05, 0.1) is 12.2 Å². The first-order valence-electron chi connectivity index (χ1n) is 5.32. The summed E-state index contributed by atoms with van der Waals surface area (Å²) in [5.41, 5.74) is -0.788. The number of alkyl halides is 3. The zero-order valence-corrected chi connectivity index (χ0v) is 9.50. The molecule has 6 heteroatoms. The van der Waals surface area contributed by atoms with Gasteiger partial charge < -0.3 is 10.4 Å². The van der Waals surface area contributed by atoms with E-state index in [2.05, 4.69) is 5.32 Å². The molecule has 0 aromatic heterocycles. The maximum Gasteiger partial charge on any atom is 0.416 e. The van der Waals surface area contributed by atoms with E-state index in [0.29, 0.717) is 0 Å². The molecule has 2 N–H and O–H groups in total. The molecule has 1 aromatic carbocycles. The first-order valence-corrected chi connectivity index (χ1v) is 5.32. The molecule has 0 heterocycles. The van der Waals surface area contributed by atoms with Crippen LogP contribution in [0.3, 0.4) is 0 Å². The number of hydrogen-bond donors (Lipinski definition) is 2. The van der Waals surface area contributed by atoms with Gasteiger partial charge in [0.15, 0.2) is 0 Å². The molecule has 0 aliphatic rings. The lowest BCUT2D eigenvalue weighted by atomic mass is 10.0. The topological polar surface area (TPSA) is 49.3 Å². The number of carbonyl (C=O) groups is 1. The summed E-state index contributed by atoms with van der Waals surface area (Å²) >= 11 is 0. The first-order chi connectivity index (χ1) is 8.45. The summed E-state index contributed by atoms with van der Waals surface area (Å²) in [7, 11) is 0. The molecule has 99 valence electrons. The normalized spacial score (nSPS) is 11.3. The van der Waals surface area contributed by atoms with Crippen molar-refractivity contribution in [2.75, 3.05) is 13.2 Å². The predicted molar refractivity (Wildman–Crippen MR) is 59.6 cm³/mol. The third-order valence-electron chi connectivity index (χ3n) is 2.21. The maximum absolute atomic E-state index is 12.6. The second-order valence-corrected chi connectivity index (χ2v) is 3.57. The Bertz CT molecular complexity index is 405. The van der Waals surface area contributed by atoms with Gasteiger partial charge in [0, 0.05) is 19.4 Å². The highest BCUT2D eigenvalue weighted by Crippen LogP contribution is 2.32. The molecule has 0 atom stereocenters. The lowest BCUT2D eigenvalue weighted by Gasteiger charge is -2.12. The number of carbonyl (C=O) groups excluding carboxylic acids is 1. The van der Waals surface area contributed by atoms with Crippen molar-refractivity contribution in [1.29, 1.82) is 0 Å². The van der Waals surface area contributed by atoms with Crippen molar-refractivity contribution in [2.45, 2.75) is 12.6 Å². The smallest absolute Gasteiger partial charge is 0.395 e. The van der Waals surface area contributed by atoms with Crippen molar-refractivity contribution >= 4 is 5.91 Å². The monoisotopic (exact) mass is 260 g/mol. The SMILES string of the molecule is O=C(C[CH]c1ccccc1C(F)(F)F)NCCO. The molecule has 1 aromatic rings. The van der Waals surface area contributed by atoms with E-state index in [9.17, 15) is 18.0 Å². The molecular formula is C12H13F3NO2. The molecule has 1 rings (SSSR count). The molecule has 1 amide bonds. The third kappa shape index (κ3) is 4.37. The highest BCUT2D eigenvalue weighted by atomic mass is 19.4. The summed E-state index contributed by atoms with van der Waals surface area (Å²) in [6.45, 7) is -0.113. The number of halogens is 3. The molecule has 0 aliphatic heterocycles. The van der Waals surface area contributed by atoms with Crippen LogP contribution in [0.5, 0.6) is 0 Å². The van der Waals surface area contributed by atoms with Crippen LogP contribution in [-0.4, -0.2) is 24.2 Å². The van der Waals surface area contributed by atoms with Crippen molar-refractivity contribution in [1.82, 2.24) is 5.32 Å². The van der Waals surface area contributed by atoms with Gasteiger partial charge in [-0.15, -0.1) is 0 Å². The Balaban J connectivity index is 2.65. The molecule has 0 saturated heterocycles. The van der Waals surface area contributed by atoms with Crippen LogP contribution >= 0.6 is 0 Å². The van der Waals surface area contributed by atoms with Crippen molar-refractivity contribution in [3.8, 4) is 0 Å². The largest absolute Gasteiger partial charge is 0.416 e. The first kappa shape index (κ1) is 14.5. The number of nitrogens with one attached hydrogen (secondary N) is 1. The molecule has 0 fully saturated rings. The van der Waals surface area contributed by atoms with Gasteiger partial charge in [0.2, 0.25) is 5.91 Å². The van der Waals surface area contributed by atoms with E-state index in [1.54, 1.807) is 0 Å². The molecule has 1 radical (unpaired) electrons. The molecule has 3 nitrogen and oxygen atoms in total. The third-order valence-corrected chi connectivity index (χ3v) is 2.21. The van der Waals surface area contributed by atoms with E-state index < -0.39 is 17.6 Å². The summed E-state index contributed by atoms with van der Waals surface area (Å²) in [5.74, 6) is -0.430. The number of aliphatic hydroxyl groups is 1. The average Bonchev–Trinajstić information content (AvgIpc) is 2.33. The Hall–Kier alpha value is -1.56. The summed E-state index contributed by atoms with van der Waals surface area (Å²) in [6.07, 6.45) is -3.38. The van der Waals surface area contributed by atoms with E-state index in [-0.39, 0.29) is 25.1 Å². The fourth-order valence-corrected chi connectivity index (χ4v) is 1.40. The Labute approximate surface area is 103 Å². The minimum absolute atomic E-state index is 0.0239. The Kier molecular flexibility index (Phi) is 5.15. The lowest BCUT2D eigenvalue weighted by Crippen LogP contribution is -2.26. The Morgan fingerprint density at radius 1 is 1.33 bits per heavy atom. The van der Waals surface area contributed by atoms with Gasteiger partial charge in [-0.25, -0.2) is 0 Å². The zero-order valence-electron chi connectivity index (χ0n) is 9.50. The van der Waals surface area contributed by atoms with Gasteiger partial charge in [-0.1, -0.05) is 18.2 Å². The number of rotatable bonds is 5. The quantitative estimate of drug-likeness (QED) is 0.847. The minimum atomic E-state index is -4.44. The summed E-state index contributed by atoms with van der Waals surface area (Å²) < 4.78 is 37.9. The van der Waals surface area contributed by atoms with Gasteiger partial charge in [-0.2, -0.15) is 13.2 Å². The van der Waals surface area contributed by atoms with E-state index >= 15 is 0 Å². The van der Waals surface area contributed by atoms with Crippen molar-refractivity contribution < 1.29 is 23.1 Å². The Morgan fingerprint density at radius 2 is 2.00 bits per heavy atom. The van der Waals surface area contributed by atoms with E-state index in [1.807, 2.05) is 0 Å². The number of aliphatic hydroxyl groups excluding tert-OH is 1. The number of hydrogen-bond acceptors (Lipinski definition) is 2. The summed E-state index contributed by atoms with van der Waals surface area (Å²) in [6, 6.07) is 5.05.